The third-order valence-corrected chi connectivity index (χ3v) is 32.8. The van der Waals surface area contributed by atoms with E-state index in [1.54, 1.807) is 77.9 Å². The van der Waals surface area contributed by atoms with Gasteiger partial charge < -0.3 is 20.7 Å². The summed E-state index contributed by atoms with van der Waals surface area (Å²) in [7, 11) is -8.69. The molecule has 0 saturated heterocycles. The minimum absolute atomic E-state index is 0.112. The van der Waals surface area contributed by atoms with Crippen LogP contribution in [0.15, 0.2) is 92.2 Å². The van der Waals surface area contributed by atoms with Crippen molar-refractivity contribution in [1.82, 2.24) is 45.6 Å². The Morgan fingerprint density at radius 3 is 0.975 bits per heavy atom. The number of amides is 4. The number of aromatic nitrogens is 3. The number of carbonyl (C=O) groups excluding carboxylic acids is 4. The molecule has 12 rings (SSSR count). The second kappa shape index (κ2) is 38.9. The SMILES string of the molecule is CC[S@@](=N)(=O)c1ccc(CNC(=O)c2cc3c(s2)[C@H](C(C)C)N(CC2CCC(C(F)(F)F)CC2)C3)nc1.CC[S@](=N)(=O)c1ccc(CNC(=O)c2cc3c(s2)[C@H](C(C)C)N(CC2CCC(C(F)(F)F)CC2)C3)nc1.CC[S@](=O)(=NC(=O)OC(C)(C)C)c1ccc(CNC(=O)c2cc3c(s2)[C@H](C(C)C)N(CC2CCC(C(F)(F)F)CC2)C3)nc1. The van der Waals surface area contributed by atoms with Crippen molar-refractivity contribution < 1.29 is 76.1 Å². The molecule has 9 heterocycles. The Balaban J connectivity index is 0.000000187. The van der Waals surface area contributed by atoms with Crippen LogP contribution in [0.5, 0.6) is 0 Å². The van der Waals surface area contributed by atoms with Gasteiger partial charge in [-0.05, 0) is 205 Å². The van der Waals surface area contributed by atoms with Crippen LogP contribution in [0.3, 0.4) is 0 Å². The summed E-state index contributed by atoms with van der Waals surface area (Å²) in [6, 6.07) is 16.1. The van der Waals surface area contributed by atoms with Gasteiger partial charge in [0.05, 0.1) is 113 Å². The lowest BCUT2D eigenvalue weighted by atomic mass is 9.81. The van der Waals surface area contributed by atoms with Crippen LogP contribution in [-0.2, 0) is 73.2 Å². The van der Waals surface area contributed by atoms with E-state index in [0.717, 1.165) is 41.2 Å². The normalized spacial score (nSPS) is 23.5. The Bertz CT molecular complexity index is 4610. The molecule has 0 aromatic carbocycles. The van der Waals surface area contributed by atoms with Crippen LogP contribution in [0, 0.1) is 62.8 Å². The molecule has 652 valence electrons. The van der Waals surface area contributed by atoms with Gasteiger partial charge in [-0.15, -0.1) is 38.4 Å². The zero-order chi connectivity index (χ0) is 86.4. The Labute approximate surface area is 700 Å². The molecule has 0 bridgehead atoms. The van der Waals surface area contributed by atoms with Crippen molar-refractivity contribution in [2.75, 3.05) is 36.9 Å². The highest BCUT2D eigenvalue weighted by molar-refractivity contribution is 7.94. The number of fused-ring (bicyclic) bond motifs is 3. The van der Waals surface area contributed by atoms with Gasteiger partial charge in [0.2, 0.25) is 0 Å². The van der Waals surface area contributed by atoms with E-state index in [1.807, 2.05) is 18.2 Å². The number of thiophene rings is 3. The van der Waals surface area contributed by atoms with Crippen LogP contribution < -0.4 is 16.0 Å². The number of alkyl halides is 9. The molecule has 5 N–H and O–H groups in total. The van der Waals surface area contributed by atoms with Crippen molar-refractivity contribution >= 4 is 87.0 Å². The fourth-order valence-electron chi connectivity index (χ4n) is 16.9. The zero-order valence-electron chi connectivity index (χ0n) is 69.1. The number of nitrogens with zero attached hydrogens (tertiary/aromatic N) is 7. The molecule has 3 saturated carbocycles. The summed E-state index contributed by atoms with van der Waals surface area (Å²) >= 11 is 4.46. The molecule has 6 aromatic rings. The minimum Gasteiger partial charge on any atom is -0.442 e. The number of pyridine rings is 3. The smallest absolute Gasteiger partial charge is 0.442 e. The molecule has 3 aliphatic heterocycles. The van der Waals surface area contributed by atoms with E-state index in [2.05, 4.69) is 91.5 Å². The van der Waals surface area contributed by atoms with Gasteiger partial charge in [0.25, 0.3) is 17.7 Å². The highest BCUT2D eigenvalue weighted by Gasteiger charge is 2.47. The number of carbonyl (C=O) groups is 4. The molecule has 118 heavy (non-hydrogen) atoms. The molecule has 35 heteroatoms. The second-order valence-electron chi connectivity index (χ2n) is 34.1. The maximum atomic E-state index is 13.3. The predicted molar refractivity (Wildman–Crippen MR) is 443 cm³/mol. The van der Waals surface area contributed by atoms with Crippen LogP contribution in [0.4, 0.5) is 44.3 Å². The van der Waals surface area contributed by atoms with Crippen molar-refractivity contribution in [2.24, 2.45) is 57.6 Å². The highest BCUT2D eigenvalue weighted by Crippen LogP contribution is 2.50. The zero-order valence-corrected chi connectivity index (χ0v) is 74.0. The Morgan fingerprint density at radius 2 is 0.746 bits per heavy atom. The van der Waals surface area contributed by atoms with Crippen molar-refractivity contribution in [3.63, 3.8) is 0 Å². The molecular weight excluding hydrogens is 1660 g/mol. The van der Waals surface area contributed by atoms with Crippen LogP contribution >= 0.6 is 34.0 Å². The molecule has 4 amide bonds. The summed E-state index contributed by atoms with van der Waals surface area (Å²) in [6.07, 6.45) is -3.93. The van der Waals surface area contributed by atoms with Gasteiger partial charge in [-0.3, -0.25) is 44.0 Å². The summed E-state index contributed by atoms with van der Waals surface area (Å²) in [4.78, 5) is 77.4. The van der Waals surface area contributed by atoms with E-state index in [-0.39, 0.29) is 129 Å². The van der Waals surface area contributed by atoms with Crippen molar-refractivity contribution in [3.05, 3.63) is 136 Å². The number of hydrogen-bond acceptors (Lipinski definition) is 19. The molecule has 6 atom stereocenters. The third-order valence-electron chi connectivity index (χ3n) is 23.2. The number of nitrogens with one attached hydrogen (secondary N) is 5. The maximum Gasteiger partial charge on any atom is 0.442 e. The lowest BCUT2D eigenvalue weighted by Gasteiger charge is -2.35. The maximum absolute atomic E-state index is 13.3. The van der Waals surface area contributed by atoms with E-state index in [9.17, 15) is 71.3 Å². The topological polar surface area (TPSA) is 273 Å². The van der Waals surface area contributed by atoms with Gasteiger partial charge in [-0.25, -0.2) is 27.0 Å². The van der Waals surface area contributed by atoms with Crippen LogP contribution in [0.25, 0.3) is 0 Å². The van der Waals surface area contributed by atoms with Gasteiger partial charge in [0.1, 0.15) is 5.60 Å². The lowest BCUT2D eigenvalue weighted by Crippen LogP contribution is -2.35. The first-order chi connectivity index (χ1) is 55.3. The first-order valence-corrected chi connectivity index (χ1v) is 48.4. The van der Waals surface area contributed by atoms with E-state index < -0.39 is 77.2 Å². The third kappa shape index (κ3) is 24.1. The molecule has 6 aliphatic rings. The Kier molecular flexibility index (Phi) is 31.0. The van der Waals surface area contributed by atoms with E-state index in [1.165, 1.54) is 62.4 Å². The quantitative estimate of drug-likeness (QED) is 0.0353. The molecule has 0 unspecified atom stereocenters. The van der Waals surface area contributed by atoms with E-state index >= 15 is 0 Å². The summed E-state index contributed by atoms with van der Waals surface area (Å²) in [6.45, 7) is 28.2. The van der Waals surface area contributed by atoms with Crippen molar-refractivity contribution in [2.45, 2.75) is 256 Å². The van der Waals surface area contributed by atoms with Gasteiger partial charge in [0.15, 0.2) is 0 Å². The number of hydrogen-bond donors (Lipinski definition) is 5. The Morgan fingerprint density at radius 1 is 0.466 bits per heavy atom. The number of ether oxygens (including phenoxy) is 1. The largest absolute Gasteiger partial charge is 0.442 e. The minimum atomic E-state index is -4.10. The van der Waals surface area contributed by atoms with Gasteiger partial charge in [-0.1, -0.05) is 62.3 Å². The number of rotatable bonds is 24. The molecule has 20 nitrogen and oxygen atoms in total. The summed E-state index contributed by atoms with van der Waals surface area (Å²) in [5.74, 6) is -1.77. The van der Waals surface area contributed by atoms with Crippen molar-refractivity contribution in [3.8, 4) is 0 Å². The molecule has 0 spiro atoms. The molecular formula is C83H113F9N12O8S6. The predicted octanol–water partition coefficient (Wildman–Crippen LogP) is 20.5. The monoisotopic (exact) mass is 1770 g/mol. The molecule has 3 fully saturated rings. The van der Waals surface area contributed by atoms with E-state index in [4.69, 9.17) is 14.3 Å². The van der Waals surface area contributed by atoms with Gasteiger partial charge >= 0.3 is 24.6 Å². The van der Waals surface area contributed by atoms with Crippen molar-refractivity contribution in [1.29, 1.82) is 9.56 Å². The van der Waals surface area contributed by atoms with Gasteiger partial charge in [0, 0.05) is 108 Å². The number of halogens is 9. The summed E-state index contributed by atoms with van der Waals surface area (Å²) < 4.78 is 180. The molecule has 0 radical (unpaired) electrons. The summed E-state index contributed by atoms with van der Waals surface area (Å²) in [5.41, 5.74) is 4.42. The van der Waals surface area contributed by atoms with Crippen LogP contribution in [0.1, 0.15) is 256 Å². The second-order valence-corrected chi connectivity index (χ2v) is 44.6. The first kappa shape index (κ1) is 93.8. The average molecular weight is 1770 g/mol. The fourth-order valence-corrected chi connectivity index (χ4v) is 24.1. The molecule has 6 aromatic heterocycles. The standard InChI is InChI=1S/C31H43F3N4O4S2.2C26H35F3N4O2S2/c1-7-44(41,37-29(40)42-30(4,5)6)24-13-12-23(35-16-24)15-36-28(39)25-14-21-18-38(26(19(2)3)27(21)43-25)17-20-8-10-22(11-9-20)31(32,33)34;2*1-4-37(30,35)21-10-9-20(31-13-21)12-32-25(34)22-11-18-15-33(23(16(2)3)24(18)36-22)14-17-5-7-19(8-6-17)26(27,28)29/h12-14,16,19-20,22,26H,7-11,15,17-18H2,1-6H3,(H,36,39);2*9-11,13,16-17,19,23,30H,4-8,12,14-15H2,1-3H3,(H,32,34)/t20?,22?,26-,44+;17?,19?,23-,37+;17?,19?,23-,37-/m000/s1. The highest BCUT2D eigenvalue weighted by atomic mass is 32.2. The van der Waals surface area contributed by atoms with Crippen LogP contribution in [0.2, 0.25) is 0 Å². The average Bonchev–Trinajstić information content (AvgIpc) is 1.63. The van der Waals surface area contributed by atoms with Gasteiger partial charge in [-0.2, -0.15) is 39.5 Å². The Hall–Kier alpha value is -6.47. The molecule has 3 aliphatic carbocycles. The lowest BCUT2D eigenvalue weighted by molar-refractivity contribution is -0.185. The van der Waals surface area contributed by atoms with Crippen LogP contribution in [-0.4, -0.2) is 127 Å². The fraction of sp³-hybridized carbons (Fsp3) is 0.627. The summed E-state index contributed by atoms with van der Waals surface area (Å²) in [5, 5.41) is 8.70. The van der Waals surface area contributed by atoms with E-state index in [0.29, 0.717) is 122 Å². The first-order valence-electron chi connectivity index (χ1n) is 40.8.